The van der Waals surface area contributed by atoms with Crippen LogP contribution in [0.15, 0.2) is 70.3 Å². The zero-order chi connectivity index (χ0) is 24.6. The molecule has 34 heavy (non-hydrogen) atoms. The van der Waals surface area contributed by atoms with Crippen molar-refractivity contribution >= 4 is 11.4 Å². The minimum absolute atomic E-state index is 0.159. The Balaban J connectivity index is 1.69. The molecule has 0 aliphatic carbocycles. The highest BCUT2D eigenvalue weighted by Crippen LogP contribution is 2.30. The maximum atomic E-state index is 13.8. The maximum Gasteiger partial charge on any atom is 0.271 e. The van der Waals surface area contributed by atoms with Gasteiger partial charge in [0, 0.05) is 11.7 Å². The van der Waals surface area contributed by atoms with Crippen LogP contribution in [0.3, 0.4) is 0 Å². The van der Waals surface area contributed by atoms with Crippen LogP contribution in [0.2, 0.25) is 0 Å². The van der Waals surface area contributed by atoms with Gasteiger partial charge in [0.15, 0.2) is 23.2 Å². The highest BCUT2D eigenvalue weighted by molar-refractivity contribution is 5.69. The summed E-state index contributed by atoms with van der Waals surface area (Å²) in [4.78, 5) is 22.9. The van der Waals surface area contributed by atoms with Gasteiger partial charge in [-0.3, -0.25) is 14.9 Å². The van der Waals surface area contributed by atoms with Crippen LogP contribution in [0.1, 0.15) is 35.7 Å². The minimum atomic E-state index is -1.56. The summed E-state index contributed by atoms with van der Waals surface area (Å²) in [5, 5.41) is 15.5. The molecular formula is C25H18F4N2O3. The van der Waals surface area contributed by atoms with Crippen molar-refractivity contribution in [3.63, 3.8) is 0 Å². The molecule has 0 aliphatic rings. The SMILES string of the molecule is C[C@@H](NC(c1ccc(F)cc1)c1cccc(Nc2c(O)c(=O)c2=O)c1)c1cc(F)c(F)c(F)c1. The fourth-order valence-corrected chi connectivity index (χ4v) is 3.65. The Labute approximate surface area is 191 Å². The number of benzene rings is 3. The lowest BCUT2D eigenvalue weighted by Gasteiger charge is -2.25. The highest BCUT2D eigenvalue weighted by Gasteiger charge is 2.22. The van der Waals surface area contributed by atoms with Crippen molar-refractivity contribution in [2.45, 2.75) is 19.0 Å². The average molecular weight is 470 g/mol. The molecule has 174 valence electrons. The van der Waals surface area contributed by atoms with Crippen LogP contribution >= 0.6 is 0 Å². The maximum absolute atomic E-state index is 13.8. The first-order chi connectivity index (χ1) is 16.2. The first-order valence-electron chi connectivity index (χ1n) is 10.2. The summed E-state index contributed by atoms with van der Waals surface area (Å²) < 4.78 is 54.4. The molecule has 2 atom stereocenters. The lowest BCUT2D eigenvalue weighted by atomic mass is 9.96. The van der Waals surface area contributed by atoms with Gasteiger partial charge in [0.05, 0.1) is 6.04 Å². The van der Waals surface area contributed by atoms with Gasteiger partial charge < -0.3 is 10.4 Å². The van der Waals surface area contributed by atoms with E-state index in [0.717, 1.165) is 12.1 Å². The van der Waals surface area contributed by atoms with Crippen LogP contribution in [-0.2, 0) is 0 Å². The van der Waals surface area contributed by atoms with Crippen molar-refractivity contribution < 1.29 is 22.7 Å². The van der Waals surface area contributed by atoms with E-state index < -0.39 is 52.0 Å². The molecule has 0 saturated heterocycles. The predicted octanol–water partition coefficient (Wildman–Crippen LogP) is 4.73. The molecule has 0 heterocycles. The zero-order valence-corrected chi connectivity index (χ0v) is 17.7. The number of hydrogen-bond donors (Lipinski definition) is 3. The lowest BCUT2D eigenvalue weighted by molar-refractivity contribution is 0.438. The third-order valence-electron chi connectivity index (χ3n) is 5.50. The van der Waals surface area contributed by atoms with Crippen molar-refractivity contribution in [2.75, 3.05) is 5.32 Å². The molecule has 0 radical (unpaired) electrons. The van der Waals surface area contributed by atoms with Crippen molar-refractivity contribution in [1.82, 2.24) is 5.32 Å². The van der Waals surface area contributed by atoms with Gasteiger partial charge in [-0.1, -0.05) is 24.3 Å². The zero-order valence-electron chi connectivity index (χ0n) is 17.7. The quantitative estimate of drug-likeness (QED) is 0.207. The summed E-state index contributed by atoms with van der Waals surface area (Å²) in [6, 6.07) is 12.7. The van der Waals surface area contributed by atoms with Crippen molar-refractivity contribution in [2.24, 2.45) is 0 Å². The van der Waals surface area contributed by atoms with E-state index in [1.54, 1.807) is 31.2 Å². The van der Waals surface area contributed by atoms with Gasteiger partial charge in [0.25, 0.3) is 10.9 Å². The standard InChI is InChI=1S/C25H18F4N2O3/c1-12(15-10-18(27)20(29)19(28)11-15)30-21(13-5-7-16(26)8-6-13)14-3-2-4-17(9-14)31-22-23(32)25(34)24(22)33/h2-12,21,30-32H,1H3/t12-,21?/m1/s1. The lowest BCUT2D eigenvalue weighted by Crippen LogP contribution is -2.32. The molecule has 1 unspecified atom stereocenters. The third kappa shape index (κ3) is 4.42. The van der Waals surface area contributed by atoms with Gasteiger partial charge in [0.2, 0.25) is 0 Å². The Morgan fingerprint density at radius 2 is 1.44 bits per heavy atom. The van der Waals surface area contributed by atoms with Crippen LogP contribution in [0, 0.1) is 23.3 Å². The molecule has 0 saturated carbocycles. The summed E-state index contributed by atoms with van der Waals surface area (Å²) in [6.45, 7) is 1.63. The highest BCUT2D eigenvalue weighted by atomic mass is 19.2. The number of anilines is 2. The Kier molecular flexibility index (Phi) is 6.21. The molecule has 4 aromatic rings. The molecule has 0 spiro atoms. The predicted molar refractivity (Wildman–Crippen MR) is 119 cm³/mol. The Bertz CT molecular complexity index is 1410. The second kappa shape index (κ2) is 9.11. The van der Waals surface area contributed by atoms with Gasteiger partial charge in [-0.05, 0) is 60.0 Å². The van der Waals surface area contributed by atoms with E-state index >= 15 is 0 Å². The Morgan fingerprint density at radius 1 is 0.794 bits per heavy atom. The normalized spacial score (nSPS) is 13.1. The Morgan fingerprint density at radius 3 is 2.06 bits per heavy atom. The average Bonchev–Trinajstić information content (AvgIpc) is 2.84. The number of rotatable bonds is 7. The van der Waals surface area contributed by atoms with Crippen LogP contribution in [0.5, 0.6) is 5.75 Å². The van der Waals surface area contributed by atoms with Gasteiger partial charge in [-0.2, -0.15) is 0 Å². The van der Waals surface area contributed by atoms with Crippen LogP contribution in [0.25, 0.3) is 0 Å². The van der Waals surface area contributed by atoms with E-state index in [4.69, 9.17) is 0 Å². The third-order valence-corrected chi connectivity index (χ3v) is 5.50. The molecule has 0 aliphatic heterocycles. The van der Waals surface area contributed by atoms with Crippen LogP contribution in [-0.4, -0.2) is 5.11 Å². The van der Waals surface area contributed by atoms with Gasteiger partial charge in [0.1, 0.15) is 11.5 Å². The summed E-state index contributed by atoms with van der Waals surface area (Å²) in [5.74, 6) is -5.31. The summed E-state index contributed by atoms with van der Waals surface area (Å²) in [7, 11) is 0. The Hall–Kier alpha value is -3.98. The largest absolute Gasteiger partial charge is 0.502 e. The molecular weight excluding hydrogens is 452 g/mol. The molecule has 0 fully saturated rings. The van der Waals surface area contributed by atoms with Crippen LogP contribution in [0.4, 0.5) is 28.9 Å². The number of nitrogens with one attached hydrogen (secondary N) is 2. The summed E-state index contributed by atoms with van der Waals surface area (Å²) in [5.41, 5.74) is -0.261. The van der Waals surface area contributed by atoms with Gasteiger partial charge in [-0.25, -0.2) is 17.6 Å². The molecule has 0 aromatic heterocycles. The van der Waals surface area contributed by atoms with E-state index in [-0.39, 0.29) is 11.3 Å². The van der Waals surface area contributed by atoms with Crippen molar-refractivity contribution in [3.8, 4) is 5.75 Å². The second-order valence-electron chi connectivity index (χ2n) is 7.80. The van der Waals surface area contributed by atoms with Crippen molar-refractivity contribution in [1.29, 1.82) is 0 Å². The fourth-order valence-electron chi connectivity index (χ4n) is 3.65. The second-order valence-corrected chi connectivity index (χ2v) is 7.80. The number of aromatic hydroxyl groups is 1. The fraction of sp³-hybridized carbons (Fsp3) is 0.120. The molecule has 9 heteroatoms. The van der Waals surface area contributed by atoms with E-state index in [9.17, 15) is 32.3 Å². The molecule has 0 bridgehead atoms. The smallest absolute Gasteiger partial charge is 0.271 e. The van der Waals surface area contributed by atoms with E-state index in [1.807, 2.05) is 0 Å². The molecule has 3 N–H and O–H groups in total. The first-order valence-corrected chi connectivity index (χ1v) is 10.2. The van der Waals surface area contributed by atoms with Crippen LogP contribution < -0.4 is 21.5 Å². The molecule has 0 amide bonds. The molecule has 4 aromatic carbocycles. The van der Waals surface area contributed by atoms with Gasteiger partial charge >= 0.3 is 0 Å². The number of halogens is 4. The molecule has 5 nitrogen and oxygen atoms in total. The first kappa shape index (κ1) is 23.2. The monoisotopic (exact) mass is 470 g/mol. The summed E-state index contributed by atoms with van der Waals surface area (Å²) >= 11 is 0. The minimum Gasteiger partial charge on any atom is -0.502 e. The molecule has 4 rings (SSSR count). The van der Waals surface area contributed by atoms with E-state index in [2.05, 4.69) is 10.6 Å². The summed E-state index contributed by atoms with van der Waals surface area (Å²) in [6.07, 6.45) is 0. The topological polar surface area (TPSA) is 78.4 Å². The van der Waals surface area contributed by atoms with Gasteiger partial charge in [-0.15, -0.1) is 0 Å². The van der Waals surface area contributed by atoms with E-state index in [1.165, 1.54) is 24.3 Å². The van der Waals surface area contributed by atoms with Crippen molar-refractivity contribution in [3.05, 3.63) is 121 Å². The number of hydrogen-bond acceptors (Lipinski definition) is 5. The van der Waals surface area contributed by atoms with E-state index in [0.29, 0.717) is 16.8 Å².